The summed E-state index contributed by atoms with van der Waals surface area (Å²) in [6, 6.07) is 4.34. The van der Waals surface area contributed by atoms with Crippen molar-refractivity contribution in [3.05, 3.63) is 50.4 Å². The molecule has 100 valence electrons. The highest BCUT2D eigenvalue weighted by Gasteiger charge is 2.19. The topological polar surface area (TPSA) is 34.9 Å². The summed E-state index contributed by atoms with van der Waals surface area (Å²) >= 11 is 6.38. The van der Waals surface area contributed by atoms with E-state index in [1.54, 1.807) is 16.9 Å². The molecule has 1 aromatic heterocycles. The minimum absolute atomic E-state index is 0.246. The summed E-state index contributed by atoms with van der Waals surface area (Å²) in [4.78, 5) is 12.4. The molecule has 6 heteroatoms. The predicted molar refractivity (Wildman–Crippen MR) is 77.8 cm³/mol. The molecule has 1 aromatic carbocycles. The van der Waals surface area contributed by atoms with Crippen LogP contribution in [0.15, 0.2) is 33.3 Å². The van der Waals surface area contributed by atoms with Crippen LogP contribution >= 0.6 is 31.9 Å². The van der Waals surface area contributed by atoms with Gasteiger partial charge in [-0.25, -0.2) is 4.39 Å². The van der Waals surface area contributed by atoms with E-state index in [9.17, 15) is 9.18 Å². The van der Waals surface area contributed by atoms with Gasteiger partial charge in [0.1, 0.15) is 11.5 Å². The molecule has 0 N–H and O–H groups in total. The Morgan fingerprint density at radius 3 is 2.74 bits per heavy atom. The van der Waals surface area contributed by atoms with E-state index in [-0.39, 0.29) is 5.78 Å². The van der Waals surface area contributed by atoms with Crippen molar-refractivity contribution in [2.75, 3.05) is 0 Å². The molecule has 0 amide bonds. The van der Waals surface area contributed by atoms with E-state index < -0.39 is 5.82 Å². The number of carbonyl (C=O) groups excluding carboxylic acids is 1. The highest BCUT2D eigenvalue weighted by molar-refractivity contribution is 9.10. The Hall–Kier alpha value is -1.01. The van der Waals surface area contributed by atoms with E-state index in [0.717, 1.165) is 6.42 Å². The lowest BCUT2D eigenvalue weighted by Gasteiger charge is -2.06. The van der Waals surface area contributed by atoms with Crippen LogP contribution in [0, 0.1) is 5.82 Å². The zero-order chi connectivity index (χ0) is 14.0. The highest BCUT2D eigenvalue weighted by atomic mass is 79.9. The minimum atomic E-state index is -0.455. The van der Waals surface area contributed by atoms with Crippen LogP contribution in [-0.2, 0) is 6.54 Å². The summed E-state index contributed by atoms with van der Waals surface area (Å²) in [6.07, 6.45) is 2.45. The fourth-order valence-electron chi connectivity index (χ4n) is 1.74. The molecule has 2 rings (SSSR count). The summed E-state index contributed by atoms with van der Waals surface area (Å²) < 4.78 is 16.1. The van der Waals surface area contributed by atoms with Crippen LogP contribution in [0.25, 0.3) is 0 Å². The monoisotopic (exact) mass is 388 g/mol. The number of ketones is 1. The maximum absolute atomic E-state index is 13.5. The lowest BCUT2D eigenvalue weighted by molar-refractivity contribution is 0.102. The molecule has 0 saturated carbocycles. The van der Waals surface area contributed by atoms with Gasteiger partial charge < -0.3 is 0 Å². The molecule has 2 aromatic rings. The minimum Gasteiger partial charge on any atom is -0.287 e. The van der Waals surface area contributed by atoms with Gasteiger partial charge in [-0.15, -0.1) is 0 Å². The quantitative estimate of drug-likeness (QED) is 0.735. The predicted octanol–water partition coefficient (Wildman–Crippen LogP) is 4.19. The molecular weight excluding hydrogens is 379 g/mol. The average molecular weight is 390 g/mol. The molecule has 0 bridgehead atoms. The number of hydrogen-bond acceptors (Lipinski definition) is 2. The third-order valence-electron chi connectivity index (χ3n) is 2.63. The third-order valence-corrected chi connectivity index (χ3v) is 3.85. The van der Waals surface area contributed by atoms with Crippen molar-refractivity contribution < 1.29 is 9.18 Å². The van der Waals surface area contributed by atoms with Gasteiger partial charge in [0.2, 0.25) is 5.78 Å². The number of hydrogen-bond donors (Lipinski definition) is 0. The zero-order valence-corrected chi connectivity index (χ0v) is 13.3. The maximum Gasteiger partial charge on any atom is 0.212 e. The van der Waals surface area contributed by atoms with Crippen molar-refractivity contribution in [2.24, 2.45) is 0 Å². The van der Waals surface area contributed by atoms with Gasteiger partial charge in [-0.1, -0.05) is 6.92 Å². The van der Waals surface area contributed by atoms with Crippen LogP contribution in [0.4, 0.5) is 4.39 Å². The first-order valence-corrected chi connectivity index (χ1v) is 7.34. The van der Waals surface area contributed by atoms with E-state index in [4.69, 9.17) is 0 Å². The number of aryl methyl sites for hydroxylation is 1. The van der Waals surface area contributed by atoms with Gasteiger partial charge in [0, 0.05) is 12.1 Å². The maximum atomic E-state index is 13.5. The summed E-state index contributed by atoms with van der Waals surface area (Å²) in [6.45, 7) is 2.65. The van der Waals surface area contributed by atoms with Gasteiger partial charge in [0.25, 0.3) is 0 Å². The lowest BCUT2D eigenvalue weighted by Crippen LogP contribution is -2.12. The van der Waals surface area contributed by atoms with Crippen molar-refractivity contribution in [2.45, 2.75) is 19.9 Å². The van der Waals surface area contributed by atoms with Gasteiger partial charge in [-0.3, -0.25) is 9.48 Å². The fourth-order valence-corrected chi connectivity index (χ4v) is 2.47. The summed E-state index contributed by atoms with van der Waals surface area (Å²) in [5.74, 6) is -0.701. The first-order chi connectivity index (χ1) is 9.04. The lowest BCUT2D eigenvalue weighted by atomic mass is 10.1. The molecule has 0 aliphatic carbocycles. The fraction of sp³-hybridized carbons (Fsp3) is 0.231. The molecule has 0 radical (unpaired) electrons. The van der Waals surface area contributed by atoms with Gasteiger partial charge in [0.05, 0.1) is 15.1 Å². The molecule has 3 nitrogen and oxygen atoms in total. The number of benzene rings is 1. The normalized spacial score (nSPS) is 10.7. The van der Waals surface area contributed by atoms with Crippen LogP contribution in [0.5, 0.6) is 0 Å². The van der Waals surface area contributed by atoms with Crippen LogP contribution in [0.1, 0.15) is 29.4 Å². The molecule has 1 heterocycles. The van der Waals surface area contributed by atoms with Crippen LogP contribution in [-0.4, -0.2) is 15.6 Å². The molecule has 0 aliphatic heterocycles. The number of nitrogens with zero attached hydrogens (tertiary/aromatic N) is 2. The standard InChI is InChI=1S/C13H11Br2FN2O/c1-2-5-18-12(10(15)7-17-18)13(19)8-3-4-9(14)11(16)6-8/h3-4,6-7H,2,5H2,1H3. The molecule has 0 unspecified atom stereocenters. The number of aromatic nitrogens is 2. The van der Waals surface area contributed by atoms with Gasteiger partial charge in [-0.2, -0.15) is 5.10 Å². The Labute approximate surface area is 127 Å². The van der Waals surface area contributed by atoms with Crippen molar-refractivity contribution in [1.29, 1.82) is 0 Å². The second-order valence-electron chi connectivity index (χ2n) is 4.02. The second kappa shape index (κ2) is 5.96. The summed E-state index contributed by atoms with van der Waals surface area (Å²) in [5, 5.41) is 4.14. The van der Waals surface area contributed by atoms with E-state index in [2.05, 4.69) is 37.0 Å². The van der Waals surface area contributed by atoms with Crippen molar-refractivity contribution in [3.8, 4) is 0 Å². The van der Waals surface area contributed by atoms with Crippen LogP contribution in [0.2, 0.25) is 0 Å². The van der Waals surface area contributed by atoms with Crippen LogP contribution in [0.3, 0.4) is 0 Å². The van der Waals surface area contributed by atoms with Gasteiger partial charge >= 0.3 is 0 Å². The molecule has 0 fully saturated rings. The number of rotatable bonds is 4. The molecule has 19 heavy (non-hydrogen) atoms. The van der Waals surface area contributed by atoms with Gasteiger partial charge in [-0.05, 0) is 56.5 Å². The first-order valence-electron chi connectivity index (χ1n) is 5.75. The Morgan fingerprint density at radius 1 is 1.37 bits per heavy atom. The first kappa shape index (κ1) is 14.4. The van der Waals surface area contributed by atoms with Crippen LogP contribution < -0.4 is 0 Å². The molecular formula is C13H11Br2FN2O. The number of halogens is 3. The van der Waals surface area contributed by atoms with E-state index in [0.29, 0.717) is 26.7 Å². The smallest absolute Gasteiger partial charge is 0.212 e. The molecule has 0 saturated heterocycles. The summed E-state index contributed by atoms with van der Waals surface area (Å²) in [7, 11) is 0. The highest BCUT2D eigenvalue weighted by Crippen LogP contribution is 2.23. The van der Waals surface area contributed by atoms with Crippen molar-refractivity contribution in [3.63, 3.8) is 0 Å². The Balaban J connectivity index is 2.43. The zero-order valence-electron chi connectivity index (χ0n) is 10.2. The van der Waals surface area contributed by atoms with E-state index >= 15 is 0 Å². The largest absolute Gasteiger partial charge is 0.287 e. The molecule has 0 spiro atoms. The average Bonchev–Trinajstić information content (AvgIpc) is 2.74. The third kappa shape index (κ3) is 2.95. The molecule has 0 atom stereocenters. The Bertz CT molecular complexity index is 625. The van der Waals surface area contributed by atoms with Crippen molar-refractivity contribution in [1.82, 2.24) is 9.78 Å². The second-order valence-corrected chi connectivity index (χ2v) is 5.73. The number of carbonyl (C=O) groups is 1. The molecule has 0 aliphatic rings. The van der Waals surface area contributed by atoms with E-state index in [1.807, 2.05) is 6.92 Å². The summed E-state index contributed by atoms with van der Waals surface area (Å²) in [5.41, 5.74) is 0.753. The SMILES string of the molecule is CCCn1ncc(Br)c1C(=O)c1ccc(Br)c(F)c1. The van der Waals surface area contributed by atoms with Gasteiger partial charge in [0.15, 0.2) is 0 Å². The Morgan fingerprint density at radius 2 is 2.11 bits per heavy atom. The van der Waals surface area contributed by atoms with Crippen molar-refractivity contribution >= 4 is 37.6 Å². The Kier molecular flexibility index (Phi) is 4.52. The van der Waals surface area contributed by atoms with E-state index in [1.165, 1.54) is 12.1 Å².